The molecular weight excluding hydrogens is 435 g/mol. The van der Waals surface area contributed by atoms with Gasteiger partial charge in [0.05, 0.1) is 0 Å². The van der Waals surface area contributed by atoms with Gasteiger partial charge in [-0.3, -0.25) is 4.55 Å². The van der Waals surface area contributed by atoms with E-state index in [-0.39, 0.29) is 35.3 Å². The van der Waals surface area contributed by atoms with Crippen molar-refractivity contribution in [2.24, 2.45) is 0 Å². The molecule has 5 nitrogen and oxygen atoms in total. The number of benzene rings is 2. The molecule has 0 spiro atoms. The topological polar surface area (TPSA) is 86.7 Å². The molecule has 0 aromatic heterocycles. The van der Waals surface area contributed by atoms with Crippen LogP contribution >= 0.6 is 0 Å². The third kappa shape index (κ3) is 11.2. The molecule has 2 rings (SSSR count). The molecule has 2 aromatic rings. The van der Waals surface area contributed by atoms with Crippen LogP contribution in [0.3, 0.4) is 0 Å². The summed E-state index contributed by atoms with van der Waals surface area (Å²) < 4.78 is 37.8. The number of aryl methyl sites for hydroxylation is 1. The minimum absolute atomic E-state index is 0. The predicted octanol–water partition coefficient (Wildman–Crippen LogP) is 3.66. The van der Waals surface area contributed by atoms with Gasteiger partial charge in [0, 0.05) is 0 Å². The molecule has 0 aliphatic heterocycles. The Hall–Kier alpha value is -1.05. The fourth-order valence-corrected chi connectivity index (χ4v) is 4.25. The molecule has 32 heavy (non-hydrogen) atoms. The maximum absolute atomic E-state index is 11.5. The van der Waals surface area contributed by atoms with Crippen LogP contribution < -0.4 is 39.4 Å². The maximum Gasteiger partial charge on any atom is 1.00 e. The molecular formula is C25H35NaO5S. The number of hydrogen-bond acceptors (Lipinski definition) is 4. The van der Waals surface area contributed by atoms with Gasteiger partial charge in [0.25, 0.3) is 10.1 Å². The summed E-state index contributed by atoms with van der Waals surface area (Å²) in [6.07, 6.45) is 15.5. The van der Waals surface area contributed by atoms with Gasteiger partial charge in [-0.2, -0.15) is 8.42 Å². The van der Waals surface area contributed by atoms with E-state index in [4.69, 9.17) is 4.74 Å². The molecule has 0 saturated heterocycles. The van der Waals surface area contributed by atoms with E-state index in [1.807, 2.05) is 12.1 Å². The summed E-state index contributed by atoms with van der Waals surface area (Å²) in [5, 5.41) is 11.4. The summed E-state index contributed by atoms with van der Waals surface area (Å²) in [5.41, 5.74) is 1.20. The minimum atomic E-state index is -4.54. The average Bonchev–Trinajstić information content (AvgIpc) is 2.73. The van der Waals surface area contributed by atoms with Crippen molar-refractivity contribution in [3.8, 4) is 17.2 Å². The molecule has 7 heteroatoms. The Bertz CT molecular complexity index is 882. The van der Waals surface area contributed by atoms with Gasteiger partial charge < -0.3 is 9.84 Å². The predicted molar refractivity (Wildman–Crippen MR) is 122 cm³/mol. The van der Waals surface area contributed by atoms with E-state index < -0.39 is 20.8 Å². The second kappa shape index (κ2) is 15.7. The van der Waals surface area contributed by atoms with Gasteiger partial charge in [-0.15, -0.1) is 5.75 Å². The Kier molecular flexibility index (Phi) is 14.2. The zero-order valence-corrected chi connectivity index (χ0v) is 22.3. The second-order valence-corrected chi connectivity index (χ2v) is 9.51. The van der Waals surface area contributed by atoms with Crippen LogP contribution in [0, 0.1) is 0 Å². The monoisotopic (exact) mass is 470 g/mol. The fraction of sp³-hybridized carbons (Fsp3) is 0.520. The minimum Gasteiger partial charge on any atom is -0.872 e. The first-order valence-electron chi connectivity index (χ1n) is 11.5. The summed E-state index contributed by atoms with van der Waals surface area (Å²) in [7, 11) is -4.54. The van der Waals surface area contributed by atoms with E-state index in [2.05, 4.69) is 6.92 Å². The molecule has 0 heterocycles. The van der Waals surface area contributed by atoms with Crippen LogP contribution in [0.1, 0.15) is 83.1 Å². The van der Waals surface area contributed by atoms with E-state index >= 15 is 0 Å². The van der Waals surface area contributed by atoms with Crippen LogP contribution in [0.15, 0.2) is 47.4 Å². The molecule has 2 aromatic carbocycles. The number of ether oxygens (including phenoxy) is 1. The smallest absolute Gasteiger partial charge is 0.872 e. The van der Waals surface area contributed by atoms with Crippen molar-refractivity contribution in [1.82, 2.24) is 0 Å². The van der Waals surface area contributed by atoms with E-state index in [9.17, 15) is 18.1 Å². The number of hydrogen-bond donors (Lipinski definition) is 1. The van der Waals surface area contributed by atoms with Gasteiger partial charge in [0.1, 0.15) is 16.4 Å². The van der Waals surface area contributed by atoms with Gasteiger partial charge in [-0.1, -0.05) is 89.3 Å². The summed E-state index contributed by atoms with van der Waals surface area (Å²) >= 11 is 0. The van der Waals surface area contributed by atoms with Gasteiger partial charge >= 0.3 is 29.6 Å². The largest absolute Gasteiger partial charge is 1.00 e. The Balaban J connectivity index is 0.00000512. The Labute approximate surface area is 215 Å². The van der Waals surface area contributed by atoms with Crippen molar-refractivity contribution in [3.63, 3.8) is 0 Å². The molecule has 0 aliphatic rings. The molecule has 172 valence electrons. The van der Waals surface area contributed by atoms with Gasteiger partial charge in [0.2, 0.25) is 0 Å². The van der Waals surface area contributed by atoms with Crippen molar-refractivity contribution in [3.05, 3.63) is 48.0 Å². The Morgan fingerprint density at radius 3 is 1.88 bits per heavy atom. The van der Waals surface area contributed by atoms with Gasteiger partial charge in [0.15, 0.2) is 0 Å². The molecule has 1 N–H and O–H groups in total. The quantitative estimate of drug-likeness (QED) is 0.244. The molecule has 0 saturated carbocycles. The van der Waals surface area contributed by atoms with Gasteiger partial charge in [-0.25, -0.2) is 0 Å². The third-order valence-electron chi connectivity index (χ3n) is 5.41. The molecule has 0 amide bonds. The Morgan fingerprint density at radius 1 is 0.812 bits per heavy atom. The first-order valence-corrected chi connectivity index (χ1v) is 12.9. The van der Waals surface area contributed by atoms with Crippen LogP contribution in [0.4, 0.5) is 0 Å². The van der Waals surface area contributed by atoms with Crippen LogP contribution in [0.5, 0.6) is 17.2 Å². The normalized spacial score (nSPS) is 11.2. The van der Waals surface area contributed by atoms with Crippen LogP contribution in [-0.2, 0) is 16.5 Å². The maximum atomic E-state index is 11.5. The van der Waals surface area contributed by atoms with Crippen molar-refractivity contribution < 1.29 is 52.4 Å². The zero-order chi connectivity index (χ0) is 22.5. The van der Waals surface area contributed by atoms with E-state index in [1.165, 1.54) is 81.9 Å². The van der Waals surface area contributed by atoms with Crippen LogP contribution in [-0.4, -0.2) is 13.0 Å². The molecule has 0 radical (unpaired) electrons. The summed E-state index contributed by atoms with van der Waals surface area (Å²) in [4.78, 5) is -0.523. The first-order chi connectivity index (χ1) is 14.9. The van der Waals surface area contributed by atoms with E-state index in [0.29, 0.717) is 5.75 Å². The van der Waals surface area contributed by atoms with Crippen molar-refractivity contribution in [1.29, 1.82) is 0 Å². The van der Waals surface area contributed by atoms with Crippen molar-refractivity contribution in [2.75, 3.05) is 0 Å². The number of unbranched alkanes of at least 4 members (excludes halogenated alkanes) is 10. The summed E-state index contributed by atoms with van der Waals surface area (Å²) in [6, 6.07) is 10.8. The standard InChI is InChI=1S/C25H36O5S.Na/c1-2-3-4-5-6-7-8-9-10-11-12-13-21-14-17-23(18-15-21)30-24-19-16-22(26)20-25(24)31(27,28)29;/h14-20,26H,2-13H2,1H3,(H,27,28,29);/q;+1/p-1. The summed E-state index contributed by atoms with van der Waals surface area (Å²) in [6.45, 7) is 2.25. The zero-order valence-electron chi connectivity index (χ0n) is 19.5. The van der Waals surface area contributed by atoms with E-state index in [0.717, 1.165) is 18.9 Å². The Morgan fingerprint density at radius 2 is 1.34 bits per heavy atom. The number of rotatable bonds is 15. The second-order valence-electron chi connectivity index (χ2n) is 8.12. The molecule has 0 bridgehead atoms. The van der Waals surface area contributed by atoms with Crippen molar-refractivity contribution in [2.45, 2.75) is 88.9 Å². The molecule has 0 fully saturated rings. The van der Waals surface area contributed by atoms with Crippen LogP contribution in [0.2, 0.25) is 0 Å². The molecule has 0 aliphatic carbocycles. The SMILES string of the molecule is CCCCCCCCCCCCCc1ccc(Oc2ccc([O-])cc2S(=O)(=O)O)cc1.[Na+]. The molecule has 0 atom stereocenters. The molecule has 0 unspecified atom stereocenters. The third-order valence-corrected chi connectivity index (χ3v) is 6.29. The fourth-order valence-electron chi connectivity index (χ4n) is 3.62. The van der Waals surface area contributed by atoms with Crippen molar-refractivity contribution >= 4 is 10.1 Å². The first kappa shape index (κ1) is 29.0. The average molecular weight is 471 g/mol. The van der Waals surface area contributed by atoms with Crippen LogP contribution in [0.25, 0.3) is 0 Å². The summed E-state index contributed by atoms with van der Waals surface area (Å²) in [5.74, 6) is -0.131. The van der Waals surface area contributed by atoms with E-state index in [1.54, 1.807) is 12.1 Å². The van der Waals surface area contributed by atoms with Gasteiger partial charge in [-0.05, 0) is 42.7 Å².